The zero-order chi connectivity index (χ0) is 13.0. The van der Waals surface area contributed by atoms with Crippen molar-refractivity contribution >= 4 is 40.4 Å². The molecule has 2 aromatic rings. The summed E-state index contributed by atoms with van der Waals surface area (Å²) in [5, 5.41) is 11.5. The molecule has 0 aliphatic rings. The lowest BCUT2D eigenvalue weighted by Gasteiger charge is -2.08. The molecule has 0 aliphatic carbocycles. The minimum atomic E-state index is 0.485. The Labute approximate surface area is 116 Å². The first-order valence-electron chi connectivity index (χ1n) is 5.54. The van der Waals surface area contributed by atoms with Crippen LogP contribution in [0.3, 0.4) is 0 Å². The van der Waals surface area contributed by atoms with Crippen LogP contribution < -0.4 is 10.6 Å². The Morgan fingerprint density at radius 2 is 2.22 bits per heavy atom. The van der Waals surface area contributed by atoms with Crippen LogP contribution in [0.1, 0.15) is 6.92 Å². The normalized spacial score (nSPS) is 10.1. The van der Waals surface area contributed by atoms with Gasteiger partial charge in [0.25, 0.3) is 0 Å². The number of halogens is 1. The fourth-order valence-electron chi connectivity index (χ4n) is 1.45. The Morgan fingerprint density at radius 1 is 1.39 bits per heavy atom. The van der Waals surface area contributed by atoms with E-state index in [-0.39, 0.29) is 0 Å². The van der Waals surface area contributed by atoms with Gasteiger partial charge in [-0.15, -0.1) is 0 Å². The zero-order valence-electron chi connectivity index (χ0n) is 9.85. The highest BCUT2D eigenvalue weighted by molar-refractivity contribution is 7.80. The Kier molecular flexibility index (Phi) is 4.17. The second kappa shape index (κ2) is 5.84. The van der Waals surface area contributed by atoms with E-state index in [0.29, 0.717) is 10.1 Å². The van der Waals surface area contributed by atoms with E-state index >= 15 is 0 Å². The summed E-state index contributed by atoms with van der Waals surface area (Å²) in [4.78, 5) is 0. The number of aryl methyl sites for hydroxylation is 1. The molecular formula is C12H13ClN4S. The minimum Gasteiger partial charge on any atom is -0.332 e. The average Bonchev–Trinajstić information content (AvgIpc) is 2.76. The van der Waals surface area contributed by atoms with Crippen molar-refractivity contribution < 1.29 is 0 Å². The van der Waals surface area contributed by atoms with Crippen molar-refractivity contribution in [3.05, 3.63) is 41.6 Å². The number of nitrogens with one attached hydrogen (secondary N) is 2. The first-order chi connectivity index (χ1) is 8.67. The molecular weight excluding hydrogens is 268 g/mol. The van der Waals surface area contributed by atoms with Crippen LogP contribution in [-0.2, 0) is 6.54 Å². The Morgan fingerprint density at radius 3 is 2.89 bits per heavy atom. The molecule has 0 aliphatic heterocycles. The van der Waals surface area contributed by atoms with Crippen LogP contribution in [0.5, 0.6) is 0 Å². The van der Waals surface area contributed by atoms with Crippen LogP contribution in [-0.4, -0.2) is 14.9 Å². The lowest BCUT2D eigenvalue weighted by Crippen LogP contribution is -2.19. The maximum atomic E-state index is 5.89. The van der Waals surface area contributed by atoms with Gasteiger partial charge in [0.2, 0.25) is 0 Å². The van der Waals surface area contributed by atoms with Crippen LogP contribution in [0.25, 0.3) is 0 Å². The summed E-state index contributed by atoms with van der Waals surface area (Å²) in [6.07, 6.45) is 1.89. The third-order valence-electron chi connectivity index (χ3n) is 2.29. The van der Waals surface area contributed by atoms with E-state index in [1.54, 1.807) is 6.07 Å². The van der Waals surface area contributed by atoms with Gasteiger partial charge in [0.05, 0.1) is 0 Å². The van der Waals surface area contributed by atoms with Gasteiger partial charge in [-0.25, -0.2) is 0 Å². The molecule has 18 heavy (non-hydrogen) atoms. The molecule has 0 saturated heterocycles. The molecule has 0 fully saturated rings. The zero-order valence-corrected chi connectivity index (χ0v) is 11.4. The molecule has 0 spiro atoms. The summed E-state index contributed by atoms with van der Waals surface area (Å²) in [5.74, 6) is 0.719. The van der Waals surface area contributed by atoms with Crippen LogP contribution in [0.15, 0.2) is 36.5 Å². The summed E-state index contributed by atoms with van der Waals surface area (Å²) in [7, 11) is 0. The average molecular weight is 281 g/mol. The number of aromatic nitrogens is 2. The minimum absolute atomic E-state index is 0.485. The predicted molar refractivity (Wildman–Crippen MR) is 79.2 cm³/mol. The van der Waals surface area contributed by atoms with E-state index in [1.165, 1.54) is 0 Å². The number of nitrogens with zero attached hydrogens (tertiary/aromatic N) is 2. The van der Waals surface area contributed by atoms with E-state index < -0.39 is 0 Å². The molecule has 1 aromatic carbocycles. The Balaban J connectivity index is 1.96. The maximum absolute atomic E-state index is 5.89. The monoisotopic (exact) mass is 280 g/mol. The van der Waals surface area contributed by atoms with E-state index in [0.717, 1.165) is 18.1 Å². The summed E-state index contributed by atoms with van der Waals surface area (Å²) in [6.45, 7) is 2.86. The second-order valence-corrected chi connectivity index (χ2v) is 4.49. The van der Waals surface area contributed by atoms with Crippen molar-refractivity contribution in [3.63, 3.8) is 0 Å². The molecule has 0 atom stereocenters. The van der Waals surface area contributed by atoms with Gasteiger partial charge in [0.1, 0.15) is 0 Å². The Bertz CT molecular complexity index is 553. The molecule has 1 aromatic heterocycles. The van der Waals surface area contributed by atoms with Crippen LogP contribution in [0, 0.1) is 0 Å². The van der Waals surface area contributed by atoms with Crippen molar-refractivity contribution in [2.75, 3.05) is 10.6 Å². The first kappa shape index (κ1) is 12.9. The molecule has 1 heterocycles. The van der Waals surface area contributed by atoms with Crippen LogP contribution in [0.2, 0.25) is 5.02 Å². The first-order valence-corrected chi connectivity index (χ1v) is 6.33. The maximum Gasteiger partial charge on any atom is 0.176 e. The molecule has 0 bridgehead atoms. The van der Waals surface area contributed by atoms with Gasteiger partial charge >= 0.3 is 0 Å². The SMILES string of the molecule is CCn1ccc(NC(=S)Nc2cccc(Cl)c2)n1. The fourth-order valence-corrected chi connectivity index (χ4v) is 1.86. The van der Waals surface area contributed by atoms with Crippen molar-refractivity contribution in [3.8, 4) is 0 Å². The van der Waals surface area contributed by atoms with E-state index in [9.17, 15) is 0 Å². The number of hydrogen-bond acceptors (Lipinski definition) is 2. The van der Waals surface area contributed by atoms with Crippen LogP contribution in [0.4, 0.5) is 11.5 Å². The van der Waals surface area contributed by atoms with Gasteiger partial charge in [-0.1, -0.05) is 17.7 Å². The van der Waals surface area contributed by atoms with Crippen molar-refractivity contribution in [1.82, 2.24) is 9.78 Å². The van der Waals surface area contributed by atoms with Crippen LogP contribution >= 0.6 is 23.8 Å². The molecule has 2 N–H and O–H groups in total. The van der Waals surface area contributed by atoms with Gasteiger partial charge in [-0.05, 0) is 37.3 Å². The van der Waals surface area contributed by atoms with E-state index in [2.05, 4.69) is 15.7 Å². The van der Waals surface area contributed by atoms with E-state index in [1.807, 2.05) is 42.1 Å². The number of benzene rings is 1. The highest BCUT2D eigenvalue weighted by Gasteiger charge is 2.01. The van der Waals surface area contributed by atoms with Gasteiger partial charge in [0, 0.05) is 29.5 Å². The second-order valence-electron chi connectivity index (χ2n) is 3.65. The summed E-state index contributed by atoms with van der Waals surface area (Å²) in [6, 6.07) is 9.24. The van der Waals surface area contributed by atoms with E-state index in [4.69, 9.17) is 23.8 Å². The smallest absolute Gasteiger partial charge is 0.176 e. The molecule has 0 amide bonds. The van der Waals surface area contributed by atoms with Crippen molar-refractivity contribution in [1.29, 1.82) is 0 Å². The van der Waals surface area contributed by atoms with Gasteiger partial charge in [0.15, 0.2) is 10.9 Å². The molecule has 4 nitrogen and oxygen atoms in total. The summed E-state index contributed by atoms with van der Waals surface area (Å²) in [5.41, 5.74) is 0.843. The number of hydrogen-bond donors (Lipinski definition) is 2. The standard InChI is InChI=1S/C12H13ClN4S/c1-2-17-7-6-11(16-17)15-12(18)14-10-5-3-4-9(13)8-10/h3-8H,2H2,1H3,(H2,14,15,16,18). The number of anilines is 2. The van der Waals surface area contributed by atoms with Gasteiger partial charge < -0.3 is 10.6 Å². The third-order valence-corrected chi connectivity index (χ3v) is 2.73. The molecule has 0 saturated carbocycles. The molecule has 0 radical (unpaired) electrons. The Hall–Kier alpha value is -1.59. The van der Waals surface area contributed by atoms with Crippen molar-refractivity contribution in [2.24, 2.45) is 0 Å². The third kappa shape index (κ3) is 3.45. The van der Waals surface area contributed by atoms with Gasteiger partial charge in [-0.2, -0.15) is 5.10 Å². The summed E-state index contributed by atoms with van der Waals surface area (Å²) < 4.78 is 1.82. The highest BCUT2D eigenvalue weighted by Crippen LogP contribution is 2.15. The number of rotatable bonds is 3. The molecule has 94 valence electrons. The lowest BCUT2D eigenvalue weighted by atomic mass is 10.3. The fraction of sp³-hybridized carbons (Fsp3) is 0.167. The highest BCUT2D eigenvalue weighted by atomic mass is 35.5. The predicted octanol–water partition coefficient (Wildman–Crippen LogP) is 3.37. The largest absolute Gasteiger partial charge is 0.332 e. The molecule has 0 unspecified atom stereocenters. The van der Waals surface area contributed by atoms with Gasteiger partial charge in [-0.3, -0.25) is 4.68 Å². The lowest BCUT2D eigenvalue weighted by molar-refractivity contribution is 0.662. The quantitative estimate of drug-likeness (QED) is 0.846. The number of thiocarbonyl (C=S) groups is 1. The molecule has 2 rings (SSSR count). The van der Waals surface area contributed by atoms with Crippen molar-refractivity contribution in [2.45, 2.75) is 13.5 Å². The summed E-state index contributed by atoms with van der Waals surface area (Å²) >= 11 is 11.1. The molecule has 6 heteroatoms. The topological polar surface area (TPSA) is 41.9 Å².